The summed E-state index contributed by atoms with van der Waals surface area (Å²) in [6.07, 6.45) is 3.21. The van der Waals surface area contributed by atoms with Crippen molar-refractivity contribution in [3.05, 3.63) is 53.1 Å². The molecule has 2 heterocycles. The minimum atomic E-state index is -1.13. The van der Waals surface area contributed by atoms with Gasteiger partial charge in [0.05, 0.1) is 30.5 Å². The first kappa shape index (κ1) is 14.9. The molecular formula is C17H21N3O2. The van der Waals surface area contributed by atoms with Crippen molar-refractivity contribution in [2.45, 2.75) is 39.0 Å². The zero-order valence-electron chi connectivity index (χ0n) is 13.3. The first-order valence-electron chi connectivity index (χ1n) is 7.35. The van der Waals surface area contributed by atoms with Gasteiger partial charge in [-0.2, -0.15) is 0 Å². The molecule has 1 atom stereocenters. The SMILES string of the molecule is Cc1c(C2=NC(C)(C)OC2)cccc1C(C)(O)c1cnc[nH]1. The van der Waals surface area contributed by atoms with Gasteiger partial charge in [0.15, 0.2) is 5.72 Å². The lowest BCUT2D eigenvalue weighted by Gasteiger charge is -2.25. The Morgan fingerprint density at radius 2 is 2.14 bits per heavy atom. The van der Waals surface area contributed by atoms with Crippen LogP contribution in [0.4, 0.5) is 0 Å². The number of H-pyrrole nitrogens is 1. The molecular weight excluding hydrogens is 278 g/mol. The number of aliphatic imine (C=N–C) groups is 1. The van der Waals surface area contributed by atoms with Crippen LogP contribution in [0.5, 0.6) is 0 Å². The van der Waals surface area contributed by atoms with E-state index < -0.39 is 11.3 Å². The van der Waals surface area contributed by atoms with Crippen LogP contribution in [0, 0.1) is 6.92 Å². The van der Waals surface area contributed by atoms with Crippen molar-refractivity contribution < 1.29 is 9.84 Å². The van der Waals surface area contributed by atoms with E-state index in [4.69, 9.17) is 4.74 Å². The predicted octanol–water partition coefficient (Wildman–Crippen LogP) is 2.53. The second-order valence-electron chi connectivity index (χ2n) is 6.31. The standard InChI is InChI=1S/C17H21N3O2/c1-11-12(14-9-22-16(2,3)20-14)6-5-7-13(11)17(4,21)15-8-18-10-19-15/h5-8,10,21H,9H2,1-4H3,(H,18,19). The van der Waals surface area contributed by atoms with E-state index in [1.165, 1.54) is 0 Å². The second-order valence-corrected chi connectivity index (χ2v) is 6.31. The first-order chi connectivity index (χ1) is 10.3. The fourth-order valence-electron chi connectivity index (χ4n) is 2.92. The van der Waals surface area contributed by atoms with Gasteiger partial charge in [-0.05, 0) is 38.8 Å². The summed E-state index contributed by atoms with van der Waals surface area (Å²) in [5.41, 5.74) is 2.82. The Balaban J connectivity index is 2.07. The minimum absolute atomic E-state index is 0.482. The molecule has 5 nitrogen and oxygen atoms in total. The fraction of sp³-hybridized carbons (Fsp3) is 0.412. The van der Waals surface area contributed by atoms with Crippen LogP contribution in [0.3, 0.4) is 0 Å². The number of benzene rings is 1. The molecule has 1 aromatic carbocycles. The molecule has 116 valence electrons. The molecule has 1 aliphatic rings. The Labute approximate surface area is 130 Å². The van der Waals surface area contributed by atoms with E-state index in [-0.39, 0.29) is 0 Å². The molecule has 2 aromatic rings. The van der Waals surface area contributed by atoms with Gasteiger partial charge in [-0.1, -0.05) is 18.2 Å². The topological polar surface area (TPSA) is 70.5 Å². The van der Waals surface area contributed by atoms with Crippen molar-refractivity contribution in [1.29, 1.82) is 0 Å². The molecule has 3 rings (SSSR count). The number of aromatic nitrogens is 2. The zero-order valence-corrected chi connectivity index (χ0v) is 13.3. The number of aliphatic hydroxyl groups is 1. The highest BCUT2D eigenvalue weighted by atomic mass is 16.5. The number of hydrogen-bond donors (Lipinski definition) is 2. The van der Waals surface area contributed by atoms with Crippen LogP contribution in [-0.2, 0) is 10.3 Å². The molecule has 5 heteroatoms. The summed E-state index contributed by atoms with van der Waals surface area (Å²) in [4.78, 5) is 11.6. The van der Waals surface area contributed by atoms with Gasteiger partial charge in [-0.3, -0.25) is 4.99 Å². The van der Waals surface area contributed by atoms with Crippen LogP contribution >= 0.6 is 0 Å². The number of imidazole rings is 1. The lowest BCUT2D eigenvalue weighted by atomic mass is 9.86. The minimum Gasteiger partial charge on any atom is -0.379 e. The molecule has 1 aromatic heterocycles. The Morgan fingerprint density at radius 3 is 2.73 bits per heavy atom. The van der Waals surface area contributed by atoms with Crippen molar-refractivity contribution in [3.8, 4) is 0 Å². The maximum Gasteiger partial charge on any atom is 0.154 e. The molecule has 0 amide bonds. The average Bonchev–Trinajstić information content (AvgIpc) is 3.08. The maximum absolute atomic E-state index is 11.0. The van der Waals surface area contributed by atoms with E-state index in [1.54, 1.807) is 19.4 Å². The number of rotatable bonds is 3. The molecule has 1 aliphatic heterocycles. The Bertz CT molecular complexity index is 716. The molecule has 0 fully saturated rings. The number of nitrogens with one attached hydrogen (secondary N) is 1. The van der Waals surface area contributed by atoms with Crippen LogP contribution in [0.1, 0.15) is 43.2 Å². The third kappa shape index (κ3) is 2.46. The van der Waals surface area contributed by atoms with Gasteiger partial charge in [0, 0.05) is 5.56 Å². The van der Waals surface area contributed by atoms with Gasteiger partial charge in [-0.25, -0.2) is 4.98 Å². The van der Waals surface area contributed by atoms with Crippen molar-refractivity contribution in [2.24, 2.45) is 4.99 Å². The summed E-state index contributed by atoms with van der Waals surface area (Å²) < 4.78 is 5.68. The summed E-state index contributed by atoms with van der Waals surface area (Å²) >= 11 is 0. The van der Waals surface area contributed by atoms with E-state index in [9.17, 15) is 5.11 Å². The van der Waals surface area contributed by atoms with Crippen molar-refractivity contribution in [3.63, 3.8) is 0 Å². The van der Waals surface area contributed by atoms with E-state index >= 15 is 0 Å². The van der Waals surface area contributed by atoms with E-state index in [0.717, 1.165) is 22.4 Å². The summed E-state index contributed by atoms with van der Waals surface area (Å²) in [7, 11) is 0. The molecule has 22 heavy (non-hydrogen) atoms. The van der Waals surface area contributed by atoms with Crippen molar-refractivity contribution >= 4 is 5.71 Å². The molecule has 0 aliphatic carbocycles. The van der Waals surface area contributed by atoms with E-state index in [0.29, 0.717) is 12.3 Å². The number of aromatic amines is 1. The normalized spacial score (nSPS) is 19.8. The third-order valence-electron chi connectivity index (χ3n) is 4.16. The third-order valence-corrected chi connectivity index (χ3v) is 4.16. The molecule has 0 bridgehead atoms. The van der Waals surface area contributed by atoms with E-state index in [1.807, 2.05) is 39.0 Å². The lowest BCUT2D eigenvalue weighted by molar-refractivity contribution is 0.0327. The second kappa shape index (κ2) is 5.04. The van der Waals surface area contributed by atoms with Gasteiger partial charge in [0.1, 0.15) is 5.60 Å². The molecule has 1 unspecified atom stereocenters. The van der Waals surface area contributed by atoms with Crippen LogP contribution in [0.25, 0.3) is 0 Å². The summed E-state index contributed by atoms with van der Waals surface area (Å²) in [6, 6.07) is 5.89. The highest BCUT2D eigenvalue weighted by molar-refractivity contribution is 6.04. The van der Waals surface area contributed by atoms with Gasteiger partial charge in [-0.15, -0.1) is 0 Å². The van der Waals surface area contributed by atoms with Crippen molar-refractivity contribution in [2.75, 3.05) is 6.61 Å². The monoisotopic (exact) mass is 299 g/mol. The number of ether oxygens (including phenoxy) is 1. The maximum atomic E-state index is 11.0. The average molecular weight is 299 g/mol. The molecule has 0 saturated heterocycles. The Kier molecular flexibility index (Phi) is 3.42. The Morgan fingerprint density at radius 1 is 1.36 bits per heavy atom. The number of hydrogen-bond acceptors (Lipinski definition) is 4. The highest BCUT2D eigenvalue weighted by Gasteiger charge is 2.32. The fourth-order valence-corrected chi connectivity index (χ4v) is 2.92. The van der Waals surface area contributed by atoms with Gasteiger partial charge in [0.2, 0.25) is 0 Å². The van der Waals surface area contributed by atoms with Gasteiger partial charge < -0.3 is 14.8 Å². The van der Waals surface area contributed by atoms with Crippen LogP contribution in [0.15, 0.2) is 35.7 Å². The highest BCUT2D eigenvalue weighted by Crippen LogP contribution is 2.32. The number of nitrogens with zero attached hydrogens (tertiary/aromatic N) is 2. The predicted molar refractivity (Wildman–Crippen MR) is 85.0 cm³/mol. The van der Waals surface area contributed by atoms with Crippen LogP contribution < -0.4 is 0 Å². The smallest absolute Gasteiger partial charge is 0.154 e. The lowest BCUT2D eigenvalue weighted by Crippen LogP contribution is -2.25. The summed E-state index contributed by atoms with van der Waals surface area (Å²) in [6.45, 7) is 8.15. The van der Waals surface area contributed by atoms with Crippen molar-refractivity contribution in [1.82, 2.24) is 9.97 Å². The quantitative estimate of drug-likeness (QED) is 0.915. The molecule has 0 radical (unpaired) electrons. The first-order valence-corrected chi connectivity index (χ1v) is 7.35. The van der Waals surface area contributed by atoms with E-state index in [2.05, 4.69) is 15.0 Å². The van der Waals surface area contributed by atoms with Gasteiger partial charge in [0.25, 0.3) is 0 Å². The largest absolute Gasteiger partial charge is 0.379 e. The van der Waals surface area contributed by atoms with Crippen LogP contribution in [-0.4, -0.2) is 33.1 Å². The molecule has 2 N–H and O–H groups in total. The molecule has 0 saturated carbocycles. The van der Waals surface area contributed by atoms with Crippen LogP contribution in [0.2, 0.25) is 0 Å². The summed E-state index contributed by atoms with van der Waals surface area (Å²) in [5.74, 6) is 0. The molecule has 0 spiro atoms. The zero-order chi connectivity index (χ0) is 16.0. The summed E-state index contributed by atoms with van der Waals surface area (Å²) in [5, 5.41) is 11.0. The Hall–Kier alpha value is -1.98. The van der Waals surface area contributed by atoms with Gasteiger partial charge >= 0.3 is 0 Å².